The minimum absolute atomic E-state index is 0.268. The SMILES string of the molecule is CCNc1nc(-c2cc(C)cc(C)c2)nc(C)c1F. The van der Waals surface area contributed by atoms with Crippen LogP contribution in [0.25, 0.3) is 11.4 Å². The highest BCUT2D eigenvalue weighted by Gasteiger charge is 2.12. The van der Waals surface area contributed by atoms with Gasteiger partial charge in [0.2, 0.25) is 0 Å². The topological polar surface area (TPSA) is 37.8 Å². The molecular weight excluding hydrogens is 241 g/mol. The number of rotatable bonds is 3. The lowest BCUT2D eigenvalue weighted by Gasteiger charge is -2.10. The molecule has 0 aliphatic carbocycles. The first-order valence-corrected chi connectivity index (χ1v) is 6.38. The molecule has 0 amide bonds. The summed E-state index contributed by atoms with van der Waals surface area (Å²) in [5.74, 6) is 0.445. The second kappa shape index (κ2) is 5.34. The number of benzene rings is 1. The number of halogens is 1. The summed E-state index contributed by atoms with van der Waals surface area (Å²) >= 11 is 0. The van der Waals surface area contributed by atoms with E-state index in [-0.39, 0.29) is 11.6 Å². The number of hydrogen-bond acceptors (Lipinski definition) is 3. The highest BCUT2D eigenvalue weighted by molar-refractivity contribution is 5.60. The van der Waals surface area contributed by atoms with Crippen LogP contribution in [0, 0.1) is 26.6 Å². The zero-order valence-corrected chi connectivity index (χ0v) is 11.7. The van der Waals surface area contributed by atoms with Crippen LogP contribution in [-0.2, 0) is 0 Å². The summed E-state index contributed by atoms with van der Waals surface area (Å²) in [4.78, 5) is 8.52. The van der Waals surface area contributed by atoms with Crippen molar-refractivity contribution in [1.29, 1.82) is 0 Å². The standard InChI is InChI=1S/C15H18FN3/c1-5-17-15-13(16)11(4)18-14(19-15)12-7-9(2)6-10(3)8-12/h6-8H,5H2,1-4H3,(H,17,18,19). The Bertz CT molecular complexity index is 588. The van der Waals surface area contributed by atoms with Crippen molar-refractivity contribution in [3.8, 4) is 11.4 Å². The molecule has 3 nitrogen and oxygen atoms in total. The molecule has 0 atom stereocenters. The zero-order valence-electron chi connectivity index (χ0n) is 11.7. The van der Waals surface area contributed by atoms with Gasteiger partial charge in [0.15, 0.2) is 17.5 Å². The minimum atomic E-state index is -0.380. The predicted octanol–water partition coefficient (Wildman–Crippen LogP) is 3.64. The van der Waals surface area contributed by atoms with E-state index in [4.69, 9.17) is 0 Å². The van der Waals surface area contributed by atoms with Crippen LogP contribution in [0.5, 0.6) is 0 Å². The van der Waals surface area contributed by atoms with Crippen molar-refractivity contribution in [1.82, 2.24) is 9.97 Å². The predicted molar refractivity (Wildman–Crippen MR) is 75.8 cm³/mol. The number of aryl methyl sites for hydroxylation is 3. The molecule has 0 spiro atoms. The van der Waals surface area contributed by atoms with Crippen LogP contribution in [-0.4, -0.2) is 16.5 Å². The van der Waals surface area contributed by atoms with Gasteiger partial charge in [0.1, 0.15) is 0 Å². The fourth-order valence-electron chi connectivity index (χ4n) is 2.08. The molecule has 1 N–H and O–H groups in total. The van der Waals surface area contributed by atoms with E-state index in [2.05, 4.69) is 21.4 Å². The summed E-state index contributed by atoms with van der Waals surface area (Å²) in [6.45, 7) is 8.24. The molecule has 0 unspecified atom stereocenters. The van der Waals surface area contributed by atoms with Gasteiger partial charge in [-0.15, -0.1) is 0 Å². The van der Waals surface area contributed by atoms with Gasteiger partial charge >= 0.3 is 0 Å². The second-order valence-electron chi connectivity index (χ2n) is 4.70. The maximum Gasteiger partial charge on any atom is 0.186 e. The first-order valence-electron chi connectivity index (χ1n) is 6.38. The maximum absolute atomic E-state index is 13.9. The highest BCUT2D eigenvalue weighted by atomic mass is 19.1. The van der Waals surface area contributed by atoms with Gasteiger partial charge in [-0.1, -0.05) is 17.2 Å². The Morgan fingerprint density at radius 2 is 1.68 bits per heavy atom. The molecule has 0 bridgehead atoms. The third-order valence-corrected chi connectivity index (χ3v) is 2.84. The molecule has 1 aromatic heterocycles. The molecule has 0 aliphatic rings. The lowest BCUT2D eigenvalue weighted by atomic mass is 10.1. The molecule has 1 aromatic carbocycles. The molecule has 0 saturated carbocycles. The normalized spacial score (nSPS) is 10.6. The number of aromatic nitrogens is 2. The highest BCUT2D eigenvalue weighted by Crippen LogP contribution is 2.23. The van der Waals surface area contributed by atoms with Gasteiger partial charge in [-0.2, -0.15) is 0 Å². The molecule has 1 heterocycles. The summed E-state index contributed by atoms with van der Waals surface area (Å²) < 4.78 is 13.9. The van der Waals surface area contributed by atoms with Crippen molar-refractivity contribution >= 4 is 5.82 Å². The Morgan fingerprint density at radius 3 is 2.26 bits per heavy atom. The van der Waals surface area contributed by atoms with Crippen molar-refractivity contribution in [2.75, 3.05) is 11.9 Å². The summed E-state index contributed by atoms with van der Waals surface area (Å²) in [6, 6.07) is 6.11. The van der Waals surface area contributed by atoms with Gasteiger partial charge in [-0.25, -0.2) is 14.4 Å². The van der Waals surface area contributed by atoms with Gasteiger partial charge < -0.3 is 5.32 Å². The Hall–Kier alpha value is -1.97. The van der Waals surface area contributed by atoms with E-state index in [1.165, 1.54) is 0 Å². The third kappa shape index (κ3) is 2.89. The van der Waals surface area contributed by atoms with Crippen LogP contribution in [0.3, 0.4) is 0 Å². The largest absolute Gasteiger partial charge is 0.368 e. The monoisotopic (exact) mass is 259 g/mol. The lowest BCUT2D eigenvalue weighted by molar-refractivity contribution is 0.606. The molecule has 2 rings (SSSR count). The summed E-state index contributed by atoms with van der Waals surface area (Å²) in [7, 11) is 0. The molecule has 2 aromatic rings. The van der Waals surface area contributed by atoms with Crippen molar-refractivity contribution in [2.24, 2.45) is 0 Å². The fraction of sp³-hybridized carbons (Fsp3) is 0.333. The van der Waals surface area contributed by atoms with Gasteiger partial charge in [0, 0.05) is 12.1 Å². The average Bonchev–Trinajstić information content (AvgIpc) is 2.33. The molecular formula is C15H18FN3. The van der Waals surface area contributed by atoms with Crippen LogP contribution in [0.15, 0.2) is 18.2 Å². The Morgan fingerprint density at radius 1 is 1.05 bits per heavy atom. The summed E-state index contributed by atoms with van der Waals surface area (Å²) in [5.41, 5.74) is 3.57. The van der Waals surface area contributed by atoms with Crippen LogP contribution >= 0.6 is 0 Å². The lowest BCUT2D eigenvalue weighted by Crippen LogP contribution is -2.07. The first kappa shape index (κ1) is 13.5. The molecule has 4 heteroatoms. The van der Waals surface area contributed by atoms with Crippen LogP contribution in [0.1, 0.15) is 23.7 Å². The third-order valence-electron chi connectivity index (χ3n) is 2.84. The van der Waals surface area contributed by atoms with Crippen molar-refractivity contribution in [3.63, 3.8) is 0 Å². The molecule has 19 heavy (non-hydrogen) atoms. The minimum Gasteiger partial charge on any atom is -0.368 e. The number of nitrogens with one attached hydrogen (secondary N) is 1. The van der Waals surface area contributed by atoms with Crippen molar-refractivity contribution < 1.29 is 4.39 Å². The summed E-state index contributed by atoms with van der Waals surface area (Å²) in [5, 5.41) is 2.93. The van der Waals surface area contributed by atoms with Gasteiger partial charge in [-0.3, -0.25) is 0 Å². The Balaban J connectivity index is 2.55. The maximum atomic E-state index is 13.9. The first-order chi connectivity index (χ1) is 9.01. The smallest absolute Gasteiger partial charge is 0.186 e. The van der Waals surface area contributed by atoms with Crippen LogP contribution in [0.2, 0.25) is 0 Å². The number of hydrogen-bond donors (Lipinski definition) is 1. The Kier molecular flexibility index (Phi) is 3.79. The zero-order chi connectivity index (χ0) is 14.0. The van der Waals surface area contributed by atoms with Gasteiger partial charge in [0.05, 0.1) is 5.69 Å². The van der Waals surface area contributed by atoms with E-state index in [1.54, 1.807) is 6.92 Å². The second-order valence-corrected chi connectivity index (χ2v) is 4.70. The molecule has 0 fully saturated rings. The quantitative estimate of drug-likeness (QED) is 0.914. The van der Waals surface area contributed by atoms with E-state index >= 15 is 0 Å². The molecule has 0 radical (unpaired) electrons. The van der Waals surface area contributed by atoms with Gasteiger partial charge in [-0.05, 0) is 39.8 Å². The average molecular weight is 259 g/mol. The van der Waals surface area contributed by atoms with Crippen LogP contribution < -0.4 is 5.32 Å². The van der Waals surface area contributed by atoms with Crippen LogP contribution in [0.4, 0.5) is 10.2 Å². The van der Waals surface area contributed by atoms with E-state index in [1.807, 2.05) is 32.9 Å². The summed E-state index contributed by atoms with van der Waals surface area (Å²) in [6.07, 6.45) is 0. The number of anilines is 1. The molecule has 0 saturated heterocycles. The van der Waals surface area contributed by atoms with Crippen molar-refractivity contribution in [3.05, 3.63) is 40.8 Å². The van der Waals surface area contributed by atoms with E-state index in [0.29, 0.717) is 18.1 Å². The van der Waals surface area contributed by atoms with Gasteiger partial charge in [0.25, 0.3) is 0 Å². The van der Waals surface area contributed by atoms with E-state index in [0.717, 1.165) is 16.7 Å². The molecule has 0 aliphatic heterocycles. The number of nitrogens with zero attached hydrogens (tertiary/aromatic N) is 2. The fourth-order valence-corrected chi connectivity index (χ4v) is 2.08. The van der Waals surface area contributed by atoms with Crippen molar-refractivity contribution in [2.45, 2.75) is 27.7 Å². The molecule has 100 valence electrons. The Labute approximate surface area is 112 Å². The van der Waals surface area contributed by atoms with E-state index < -0.39 is 0 Å². The van der Waals surface area contributed by atoms with E-state index in [9.17, 15) is 4.39 Å².